The molecule has 0 aliphatic carbocycles. The molecule has 1 aromatic rings. The van der Waals surface area contributed by atoms with E-state index in [0.29, 0.717) is 6.04 Å². The minimum Gasteiger partial charge on any atom is -0.370 e. The van der Waals surface area contributed by atoms with E-state index in [-0.39, 0.29) is 0 Å². The average molecular weight is 229 g/mol. The van der Waals surface area contributed by atoms with Crippen LogP contribution in [-0.2, 0) is 0 Å². The SMILES string of the molecule is CC1CCN(c2ccccc2C#N)CCCN1. The maximum atomic E-state index is 9.14. The van der Waals surface area contributed by atoms with Crippen molar-refractivity contribution in [2.75, 3.05) is 24.5 Å². The van der Waals surface area contributed by atoms with E-state index in [1.807, 2.05) is 18.2 Å². The van der Waals surface area contributed by atoms with Crippen LogP contribution in [0, 0.1) is 11.3 Å². The van der Waals surface area contributed by atoms with Gasteiger partial charge in [0, 0.05) is 19.1 Å². The molecule has 1 fully saturated rings. The molecule has 2 rings (SSSR count). The molecule has 1 aliphatic heterocycles. The molecule has 0 bridgehead atoms. The highest BCUT2D eigenvalue weighted by Crippen LogP contribution is 2.21. The highest BCUT2D eigenvalue weighted by Gasteiger charge is 2.14. The van der Waals surface area contributed by atoms with Gasteiger partial charge in [-0.1, -0.05) is 12.1 Å². The summed E-state index contributed by atoms with van der Waals surface area (Å²) in [5.41, 5.74) is 1.87. The van der Waals surface area contributed by atoms with Crippen molar-refractivity contribution in [2.45, 2.75) is 25.8 Å². The number of nitrogens with zero attached hydrogens (tertiary/aromatic N) is 2. The van der Waals surface area contributed by atoms with Crippen LogP contribution in [0.1, 0.15) is 25.3 Å². The molecule has 1 N–H and O–H groups in total. The normalized spacial score (nSPS) is 21.4. The van der Waals surface area contributed by atoms with Crippen molar-refractivity contribution in [3.8, 4) is 6.07 Å². The topological polar surface area (TPSA) is 39.1 Å². The first-order valence-corrected chi connectivity index (χ1v) is 6.28. The van der Waals surface area contributed by atoms with Crippen molar-refractivity contribution in [1.82, 2.24) is 5.32 Å². The van der Waals surface area contributed by atoms with Gasteiger partial charge >= 0.3 is 0 Å². The molecule has 3 heteroatoms. The van der Waals surface area contributed by atoms with Crippen LogP contribution >= 0.6 is 0 Å². The van der Waals surface area contributed by atoms with Crippen molar-refractivity contribution in [3.05, 3.63) is 29.8 Å². The van der Waals surface area contributed by atoms with E-state index in [1.165, 1.54) is 0 Å². The lowest BCUT2D eigenvalue weighted by Gasteiger charge is -2.30. The van der Waals surface area contributed by atoms with Crippen LogP contribution in [0.4, 0.5) is 5.69 Å². The maximum Gasteiger partial charge on any atom is 0.101 e. The zero-order valence-corrected chi connectivity index (χ0v) is 10.3. The summed E-state index contributed by atoms with van der Waals surface area (Å²) in [5.74, 6) is 0. The molecule has 1 aromatic carbocycles. The van der Waals surface area contributed by atoms with Crippen LogP contribution in [-0.4, -0.2) is 25.7 Å². The van der Waals surface area contributed by atoms with Gasteiger partial charge in [0.1, 0.15) is 6.07 Å². The minimum atomic E-state index is 0.562. The van der Waals surface area contributed by atoms with E-state index >= 15 is 0 Å². The summed E-state index contributed by atoms with van der Waals surface area (Å²) in [6, 6.07) is 10.7. The molecule has 0 aromatic heterocycles. The third-order valence-corrected chi connectivity index (χ3v) is 3.29. The predicted octanol–water partition coefficient (Wildman–Crippen LogP) is 2.14. The number of hydrogen-bond acceptors (Lipinski definition) is 3. The number of nitriles is 1. The number of hydrogen-bond donors (Lipinski definition) is 1. The average Bonchev–Trinajstić information content (AvgIpc) is 2.35. The van der Waals surface area contributed by atoms with Gasteiger partial charge in [-0.3, -0.25) is 0 Å². The number of benzene rings is 1. The molecule has 0 saturated carbocycles. The molecule has 1 aliphatic rings. The Labute approximate surface area is 103 Å². The molecule has 17 heavy (non-hydrogen) atoms. The Kier molecular flexibility index (Phi) is 4.00. The van der Waals surface area contributed by atoms with Gasteiger partial charge in [-0.05, 0) is 38.4 Å². The van der Waals surface area contributed by atoms with Gasteiger partial charge in [0.2, 0.25) is 0 Å². The van der Waals surface area contributed by atoms with Gasteiger partial charge in [0.25, 0.3) is 0 Å². The van der Waals surface area contributed by atoms with Crippen molar-refractivity contribution in [3.63, 3.8) is 0 Å². The van der Waals surface area contributed by atoms with Gasteiger partial charge in [-0.25, -0.2) is 0 Å². The Morgan fingerprint density at radius 2 is 2.18 bits per heavy atom. The predicted molar refractivity (Wildman–Crippen MR) is 70.1 cm³/mol. The fourth-order valence-electron chi connectivity index (χ4n) is 2.27. The van der Waals surface area contributed by atoms with Crippen molar-refractivity contribution in [2.24, 2.45) is 0 Å². The third-order valence-electron chi connectivity index (χ3n) is 3.29. The number of rotatable bonds is 1. The Hall–Kier alpha value is -1.53. The van der Waals surface area contributed by atoms with Gasteiger partial charge in [-0.15, -0.1) is 0 Å². The summed E-state index contributed by atoms with van der Waals surface area (Å²) in [6.07, 6.45) is 2.25. The second kappa shape index (κ2) is 5.70. The number of para-hydroxylation sites is 1. The monoisotopic (exact) mass is 229 g/mol. The molecule has 0 radical (unpaired) electrons. The van der Waals surface area contributed by atoms with E-state index < -0.39 is 0 Å². The second-order valence-electron chi connectivity index (χ2n) is 4.61. The first-order valence-electron chi connectivity index (χ1n) is 6.28. The molecule has 1 atom stereocenters. The standard InChI is InChI=1S/C14H19N3/c1-12-7-10-17(9-4-8-16-12)14-6-3-2-5-13(14)11-15/h2-3,5-6,12,16H,4,7-10H2,1H3. The van der Waals surface area contributed by atoms with Gasteiger partial charge in [0.05, 0.1) is 11.3 Å². The van der Waals surface area contributed by atoms with E-state index in [0.717, 1.165) is 43.7 Å². The Morgan fingerprint density at radius 3 is 3.00 bits per heavy atom. The van der Waals surface area contributed by atoms with E-state index in [4.69, 9.17) is 5.26 Å². The Bertz CT molecular complexity index is 408. The number of nitrogens with one attached hydrogen (secondary N) is 1. The fourth-order valence-corrected chi connectivity index (χ4v) is 2.27. The summed E-state index contributed by atoms with van der Waals surface area (Å²) in [7, 11) is 0. The number of anilines is 1. The van der Waals surface area contributed by atoms with Crippen LogP contribution in [0.5, 0.6) is 0 Å². The zero-order valence-electron chi connectivity index (χ0n) is 10.3. The van der Waals surface area contributed by atoms with Crippen LogP contribution in [0.15, 0.2) is 24.3 Å². The minimum absolute atomic E-state index is 0.562. The molecule has 0 spiro atoms. The molecule has 1 saturated heterocycles. The molecule has 0 amide bonds. The molecule has 1 unspecified atom stereocenters. The highest BCUT2D eigenvalue weighted by molar-refractivity contribution is 5.59. The van der Waals surface area contributed by atoms with Gasteiger partial charge < -0.3 is 10.2 Å². The second-order valence-corrected chi connectivity index (χ2v) is 4.61. The Morgan fingerprint density at radius 1 is 1.35 bits per heavy atom. The summed E-state index contributed by atoms with van der Waals surface area (Å²) < 4.78 is 0. The largest absolute Gasteiger partial charge is 0.370 e. The van der Waals surface area contributed by atoms with Crippen LogP contribution < -0.4 is 10.2 Å². The summed E-state index contributed by atoms with van der Waals surface area (Å²) >= 11 is 0. The maximum absolute atomic E-state index is 9.14. The van der Waals surface area contributed by atoms with Crippen LogP contribution in [0.3, 0.4) is 0 Å². The molecular formula is C14H19N3. The molecular weight excluding hydrogens is 210 g/mol. The first-order chi connectivity index (χ1) is 8.31. The summed E-state index contributed by atoms with van der Waals surface area (Å²) in [4.78, 5) is 2.34. The van der Waals surface area contributed by atoms with E-state index in [2.05, 4.69) is 29.3 Å². The third kappa shape index (κ3) is 2.98. The lowest BCUT2D eigenvalue weighted by Crippen LogP contribution is -2.38. The van der Waals surface area contributed by atoms with Crippen molar-refractivity contribution in [1.29, 1.82) is 5.26 Å². The van der Waals surface area contributed by atoms with Crippen molar-refractivity contribution >= 4 is 5.69 Å². The zero-order chi connectivity index (χ0) is 12.1. The van der Waals surface area contributed by atoms with E-state index in [9.17, 15) is 0 Å². The lowest BCUT2D eigenvalue weighted by molar-refractivity contribution is 0.475. The smallest absolute Gasteiger partial charge is 0.101 e. The quantitative estimate of drug-likeness (QED) is 0.802. The van der Waals surface area contributed by atoms with E-state index in [1.54, 1.807) is 0 Å². The van der Waals surface area contributed by atoms with Crippen molar-refractivity contribution < 1.29 is 0 Å². The van der Waals surface area contributed by atoms with Gasteiger partial charge in [-0.2, -0.15) is 5.26 Å². The highest BCUT2D eigenvalue weighted by atomic mass is 15.1. The molecule has 90 valence electrons. The summed E-state index contributed by atoms with van der Waals surface area (Å²) in [5, 5.41) is 12.6. The summed E-state index contributed by atoms with van der Waals surface area (Å²) in [6.45, 7) is 5.33. The van der Waals surface area contributed by atoms with Crippen LogP contribution in [0.2, 0.25) is 0 Å². The van der Waals surface area contributed by atoms with Crippen LogP contribution in [0.25, 0.3) is 0 Å². The molecule has 1 heterocycles. The Balaban J connectivity index is 2.17. The van der Waals surface area contributed by atoms with Gasteiger partial charge in [0.15, 0.2) is 0 Å². The lowest BCUT2D eigenvalue weighted by atomic mass is 10.1. The molecule has 3 nitrogen and oxygen atoms in total. The fraction of sp³-hybridized carbons (Fsp3) is 0.500. The first kappa shape index (κ1) is 11.9.